The monoisotopic (exact) mass is 266 g/mol. The van der Waals surface area contributed by atoms with Gasteiger partial charge in [0.1, 0.15) is 10.7 Å². The van der Waals surface area contributed by atoms with Crippen LogP contribution in [-0.2, 0) is 0 Å². The lowest BCUT2D eigenvalue weighted by atomic mass is 10.1. The molecule has 2 N–H and O–H groups in total. The molecule has 2 rings (SSSR count). The molecule has 0 saturated carbocycles. The first-order valence-electron chi connectivity index (χ1n) is 4.80. The maximum Gasteiger partial charge on any atom is 0.337 e. The normalized spacial score (nSPS) is 10.1. The number of rotatable bonds is 3. The number of thiazole rings is 1. The average Bonchev–Trinajstić information content (AvgIpc) is 2.84. The van der Waals surface area contributed by atoms with Crippen LogP contribution in [0.15, 0.2) is 29.9 Å². The van der Waals surface area contributed by atoms with E-state index in [0.29, 0.717) is 4.88 Å². The van der Waals surface area contributed by atoms with Gasteiger partial charge in [0.25, 0.3) is 5.91 Å². The molecule has 0 aliphatic heterocycles. The largest absolute Gasteiger partial charge is 0.478 e. The number of carboxylic acids is 1. The number of amides is 1. The molecule has 0 unspecified atom stereocenters. The summed E-state index contributed by atoms with van der Waals surface area (Å²) in [4.78, 5) is 26.7. The molecule has 0 atom stereocenters. The molecule has 18 heavy (non-hydrogen) atoms. The fourth-order valence-electron chi connectivity index (χ4n) is 1.31. The van der Waals surface area contributed by atoms with Crippen LogP contribution in [0.25, 0.3) is 0 Å². The zero-order valence-electron chi connectivity index (χ0n) is 8.88. The molecule has 0 radical (unpaired) electrons. The molecule has 7 heteroatoms. The summed E-state index contributed by atoms with van der Waals surface area (Å²) < 4.78 is 12.9. The van der Waals surface area contributed by atoms with Crippen molar-refractivity contribution in [1.29, 1.82) is 0 Å². The van der Waals surface area contributed by atoms with Crippen molar-refractivity contribution in [2.45, 2.75) is 0 Å². The fourth-order valence-corrected chi connectivity index (χ4v) is 1.83. The Bertz CT molecular complexity index is 598. The number of carbonyl (C=O) groups is 2. The van der Waals surface area contributed by atoms with Crippen molar-refractivity contribution in [2.24, 2.45) is 0 Å². The number of hydrogen-bond donors (Lipinski definition) is 2. The standard InChI is InChI=1S/C11H7FN2O3S/c12-6-1-2-8(7(3-6)11(16)17)14-10(15)9-4-13-5-18-9/h1-5H,(H,14,15)(H,16,17). The Morgan fingerprint density at radius 1 is 1.39 bits per heavy atom. The smallest absolute Gasteiger partial charge is 0.337 e. The van der Waals surface area contributed by atoms with Gasteiger partial charge in [-0.25, -0.2) is 9.18 Å². The number of carboxylic acid groups (broad SMARTS) is 1. The second-order valence-electron chi connectivity index (χ2n) is 3.31. The van der Waals surface area contributed by atoms with Crippen molar-refractivity contribution in [2.75, 3.05) is 5.32 Å². The van der Waals surface area contributed by atoms with Gasteiger partial charge in [-0.1, -0.05) is 0 Å². The van der Waals surface area contributed by atoms with Gasteiger partial charge in [-0.05, 0) is 18.2 Å². The summed E-state index contributed by atoms with van der Waals surface area (Å²) >= 11 is 1.12. The van der Waals surface area contributed by atoms with Gasteiger partial charge in [-0.3, -0.25) is 9.78 Å². The number of benzene rings is 1. The highest BCUT2D eigenvalue weighted by molar-refractivity contribution is 7.11. The number of nitrogens with zero attached hydrogens (tertiary/aromatic N) is 1. The summed E-state index contributed by atoms with van der Waals surface area (Å²) in [6, 6.07) is 3.14. The van der Waals surface area contributed by atoms with Gasteiger partial charge in [0.15, 0.2) is 0 Å². The molecule has 5 nitrogen and oxygen atoms in total. The van der Waals surface area contributed by atoms with Crippen LogP contribution >= 0.6 is 11.3 Å². The summed E-state index contributed by atoms with van der Waals surface area (Å²) in [7, 11) is 0. The summed E-state index contributed by atoms with van der Waals surface area (Å²) in [6.07, 6.45) is 1.37. The van der Waals surface area contributed by atoms with Crippen molar-refractivity contribution >= 4 is 28.9 Å². The third-order valence-electron chi connectivity index (χ3n) is 2.12. The molecule has 2 aromatic rings. The Hall–Kier alpha value is -2.28. The average molecular weight is 266 g/mol. The van der Waals surface area contributed by atoms with Crippen molar-refractivity contribution in [3.05, 3.63) is 46.2 Å². The first kappa shape index (κ1) is 12.2. The predicted molar refractivity (Wildman–Crippen MR) is 63.4 cm³/mol. The zero-order chi connectivity index (χ0) is 13.1. The van der Waals surface area contributed by atoms with E-state index in [1.54, 1.807) is 0 Å². The third-order valence-corrected chi connectivity index (χ3v) is 2.89. The first-order chi connectivity index (χ1) is 8.58. The summed E-state index contributed by atoms with van der Waals surface area (Å²) in [6.45, 7) is 0. The topological polar surface area (TPSA) is 79.3 Å². The molecule has 1 aromatic heterocycles. The maximum atomic E-state index is 12.9. The molecule has 1 amide bonds. The van der Waals surface area contributed by atoms with Gasteiger partial charge in [-0.2, -0.15) is 0 Å². The van der Waals surface area contributed by atoms with E-state index in [1.807, 2.05) is 0 Å². The second-order valence-corrected chi connectivity index (χ2v) is 4.20. The highest BCUT2D eigenvalue weighted by atomic mass is 32.1. The number of nitrogens with one attached hydrogen (secondary N) is 1. The Kier molecular flexibility index (Phi) is 3.33. The summed E-state index contributed by atoms with van der Waals surface area (Å²) in [5.41, 5.74) is 1.23. The minimum absolute atomic E-state index is 0.0438. The summed E-state index contributed by atoms with van der Waals surface area (Å²) in [5.74, 6) is -2.47. The van der Waals surface area contributed by atoms with Crippen LogP contribution in [0.3, 0.4) is 0 Å². The van der Waals surface area contributed by atoms with Crippen molar-refractivity contribution in [3.8, 4) is 0 Å². The van der Waals surface area contributed by atoms with Gasteiger partial charge >= 0.3 is 5.97 Å². The number of halogens is 1. The number of aromatic carboxylic acids is 1. The van der Waals surface area contributed by atoms with Gasteiger partial charge in [0.05, 0.1) is 23.0 Å². The first-order valence-corrected chi connectivity index (χ1v) is 5.68. The fraction of sp³-hybridized carbons (Fsp3) is 0. The molecule has 0 spiro atoms. The number of hydrogen-bond acceptors (Lipinski definition) is 4. The maximum absolute atomic E-state index is 12.9. The Labute approximate surface area is 105 Å². The molecule has 1 aromatic carbocycles. The van der Waals surface area contributed by atoms with Crippen molar-refractivity contribution < 1.29 is 19.1 Å². The molecule has 92 valence electrons. The Morgan fingerprint density at radius 2 is 2.17 bits per heavy atom. The highest BCUT2D eigenvalue weighted by Crippen LogP contribution is 2.18. The quantitative estimate of drug-likeness (QED) is 0.892. The lowest BCUT2D eigenvalue weighted by molar-refractivity contribution is 0.0697. The van der Waals surface area contributed by atoms with Gasteiger partial charge in [0.2, 0.25) is 0 Å². The lowest BCUT2D eigenvalue weighted by Crippen LogP contribution is -2.13. The van der Waals surface area contributed by atoms with Gasteiger partial charge in [-0.15, -0.1) is 11.3 Å². The highest BCUT2D eigenvalue weighted by Gasteiger charge is 2.15. The molecule has 0 aliphatic carbocycles. The van der Waals surface area contributed by atoms with Crippen LogP contribution in [0.1, 0.15) is 20.0 Å². The summed E-state index contributed by atoms with van der Waals surface area (Å²) in [5, 5.41) is 11.3. The Morgan fingerprint density at radius 3 is 2.78 bits per heavy atom. The van der Waals surface area contributed by atoms with E-state index >= 15 is 0 Å². The molecule has 1 heterocycles. The van der Waals surface area contributed by atoms with E-state index in [1.165, 1.54) is 17.8 Å². The van der Waals surface area contributed by atoms with E-state index in [4.69, 9.17) is 5.11 Å². The number of anilines is 1. The molecule has 0 fully saturated rings. The predicted octanol–water partition coefficient (Wildman–Crippen LogP) is 2.23. The second kappa shape index (κ2) is 4.92. The van der Waals surface area contributed by atoms with Crippen LogP contribution in [0.4, 0.5) is 10.1 Å². The SMILES string of the molecule is O=C(Nc1ccc(F)cc1C(=O)O)c1cncs1. The molecule has 0 saturated heterocycles. The third kappa shape index (κ3) is 2.51. The van der Waals surface area contributed by atoms with E-state index in [2.05, 4.69) is 10.3 Å². The molecule has 0 bridgehead atoms. The lowest BCUT2D eigenvalue weighted by Gasteiger charge is -2.07. The van der Waals surface area contributed by atoms with Crippen molar-refractivity contribution in [1.82, 2.24) is 4.98 Å². The van der Waals surface area contributed by atoms with Crippen LogP contribution in [-0.4, -0.2) is 22.0 Å². The Balaban J connectivity index is 2.29. The van der Waals surface area contributed by atoms with Crippen molar-refractivity contribution in [3.63, 3.8) is 0 Å². The number of aromatic nitrogens is 1. The minimum atomic E-state index is -1.31. The van der Waals surface area contributed by atoms with E-state index < -0.39 is 17.7 Å². The van der Waals surface area contributed by atoms with Crippen LogP contribution in [0, 0.1) is 5.82 Å². The number of carbonyl (C=O) groups excluding carboxylic acids is 1. The zero-order valence-corrected chi connectivity index (χ0v) is 9.70. The van der Waals surface area contributed by atoms with E-state index in [-0.39, 0.29) is 11.3 Å². The van der Waals surface area contributed by atoms with Gasteiger partial charge < -0.3 is 10.4 Å². The van der Waals surface area contributed by atoms with E-state index in [9.17, 15) is 14.0 Å². The van der Waals surface area contributed by atoms with Crippen LogP contribution < -0.4 is 5.32 Å². The van der Waals surface area contributed by atoms with Gasteiger partial charge in [0, 0.05) is 0 Å². The molecule has 0 aliphatic rings. The van der Waals surface area contributed by atoms with E-state index in [0.717, 1.165) is 23.5 Å². The van der Waals surface area contributed by atoms with Crippen LogP contribution in [0.5, 0.6) is 0 Å². The molecular formula is C11H7FN2O3S. The molecular weight excluding hydrogens is 259 g/mol. The van der Waals surface area contributed by atoms with Crippen LogP contribution in [0.2, 0.25) is 0 Å². The minimum Gasteiger partial charge on any atom is -0.478 e.